The van der Waals surface area contributed by atoms with E-state index in [0.717, 1.165) is 55.1 Å². The van der Waals surface area contributed by atoms with Gasteiger partial charge in [0.15, 0.2) is 0 Å². The maximum Gasteiger partial charge on any atom is 0.268 e. The van der Waals surface area contributed by atoms with E-state index in [0.29, 0.717) is 12.1 Å². The van der Waals surface area contributed by atoms with Crippen LogP contribution in [-0.2, 0) is 9.59 Å². The number of likely N-dealkylation sites (N-methyl/N-ethyl adjacent to an activating group) is 1. The number of anilines is 1. The highest BCUT2D eigenvalue weighted by Crippen LogP contribution is 2.26. The van der Waals surface area contributed by atoms with Crippen molar-refractivity contribution >= 4 is 23.2 Å². The van der Waals surface area contributed by atoms with Crippen LogP contribution in [-0.4, -0.2) is 67.1 Å². The molecule has 0 radical (unpaired) electrons. The van der Waals surface area contributed by atoms with Crippen LogP contribution in [0.5, 0.6) is 0 Å². The number of hydrazone groups is 1. The Balaban J connectivity index is 1.54. The zero-order valence-electron chi connectivity index (χ0n) is 19.8. The van der Waals surface area contributed by atoms with Crippen LogP contribution >= 0.6 is 0 Å². The number of aryl methyl sites for hydroxylation is 2. The molecule has 1 saturated heterocycles. The summed E-state index contributed by atoms with van der Waals surface area (Å²) in [4.78, 5) is 30.7. The van der Waals surface area contributed by atoms with E-state index in [1.807, 2.05) is 50.2 Å². The topological polar surface area (TPSA) is 68.2 Å². The van der Waals surface area contributed by atoms with Gasteiger partial charge >= 0.3 is 0 Å². The van der Waals surface area contributed by atoms with Gasteiger partial charge in [-0.1, -0.05) is 42.5 Å². The molecule has 2 heterocycles. The highest BCUT2D eigenvalue weighted by atomic mass is 16.2. The van der Waals surface area contributed by atoms with Gasteiger partial charge in [-0.2, -0.15) is 5.10 Å². The van der Waals surface area contributed by atoms with Crippen LogP contribution in [0.2, 0.25) is 0 Å². The molecule has 7 nitrogen and oxygen atoms in total. The molecule has 33 heavy (non-hydrogen) atoms. The molecule has 2 amide bonds. The number of amides is 2. The third-order valence-corrected chi connectivity index (χ3v) is 6.43. The van der Waals surface area contributed by atoms with Gasteiger partial charge < -0.3 is 10.2 Å². The van der Waals surface area contributed by atoms with Crippen LogP contribution in [0.3, 0.4) is 0 Å². The van der Waals surface area contributed by atoms with Crippen LogP contribution in [0.25, 0.3) is 0 Å². The summed E-state index contributed by atoms with van der Waals surface area (Å²) in [5.41, 5.74) is 4.21. The van der Waals surface area contributed by atoms with Gasteiger partial charge in [0.25, 0.3) is 5.91 Å². The van der Waals surface area contributed by atoms with E-state index in [1.165, 1.54) is 5.01 Å². The molecule has 1 N–H and O–H groups in total. The Morgan fingerprint density at radius 3 is 2.48 bits per heavy atom. The second-order valence-corrected chi connectivity index (χ2v) is 9.08. The van der Waals surface area contributed by atoms with Crippen molar-refractivity contribution in [3.63, 3.8) is 0 Å². The molecule has 0 spiro atoms. The van der Waals surface area contributed by atoms with E-state index in [2.05, 4.69) is 39.4 Å². The number of benzene rings is 2. The smallest absolute Gasteiger partial charge is 0.268 e. The molecule has 0 bridgehead atoms. The molecule has 7 heteroatoms. The molecule has 1 unspecified atom stereocenters. The lowest BCUT2D eigenvalue weighted by atomic mass is 10.0. The number of nitrogens with one attached hydrogen (secondary N) is 1. The van der Waals surface area contributed by atoms with Gasteiger partial charge in [-0.15, -0.1) is 0 Å². The lowest BCUT2D eigenvalue weighted by Gasteiger charge is -2.35. The van der Waals surface area contributed by atoms with Crippen molar-refractivity contribution < 1.29 is 9.59 Å². The van der Waals surface area contributed by atoms with E-state index in [4.69, 9.17) is 0 Å². The summed E-state index contributed by atoms with van der Waals surface area (Å²) in [6, 6.07) is 15.9. The van der Waals surface area contributed by atoms with Gasteiger partial charge in [0.2, 0.25) is 5.91 Å². The SMILES string of the molecule is Cc1ccc(C)c(N2N=C(C(=O)NC(CN3CCN(C)CC3)c3ccccc3)CCC2=O)c1. The molecule has 1 fully saturated rings. The Morgan fingerprint density at radius 1 is 1.03 bits per heavy atom. The van der Waals surface area contributed by atoms with Crippen LogP contribution in [0.4, 0.5) is 5.69 Å². The van der Waals surface area contributed by atoms with Gasteiger partial charge in [0.05, 0.1) is 11.7 Å². The summed E-state index contributed by atoms with van der Waals surface area (Å²) >= 11 is 0. The van der Waals surface area contributed by atoms with E-state index in [-0.39, 0.29) is 24.3 Å². The van der Waals surface area contributed by atoms with Crippen molar-refractivity contribution in [3.05, 3.63) is 65.2 Å². The highest BCUT2D eigenvalue weighted by Gasteiger charge is 2.29. The molecule has 1 atom stereocenters. The van der Waals surface area contributed by atoms with E-state index in [9.17, 15) is 9.59 Å². The maximum absolute atomic E-state index is 13.3. The van der Waals surface area contributed by atoms with Crippen molar-refractivity contribution in [2.24, 2.45) is 5.10 Å². The highest BCUT2D eigenvalue weighted by molar-refractivity contribution is 6.40. The average molecular weight is 448 g/mol. The van der Waals surface area contributed by atoms with Gasteiger partial charge in [-0.3, -0.25) is 14.5 Å². The Kier molecular flexibility index (Phi) is 7.20. The minimum atomic E-state index is -0.208. The van der Waals surface area contributed by atoms with Gasteiger partial charge in [0, 0.05) is 45.6 Å². The lowest BCUT2D eigenvalue weighted by Crippen LogP contribution is -2.49. The molecule has 2 aliphatic heterocycles. The zero-order valence-corrected chi connectivity index (χ0v) is 19.8. The lowest BCUT2D eigenvalue weighted by molar-refractivity contribution is -0.119. The van der Waals surface area contributed by atoms with Crippen molar-refractivity contribution in [1.29, 1.82) is 0 Å². The minimum Gasteiger partial charge on any atom is -0.343 e. The second kappa shape index (κ2) is 10.3. The predicted molar refractivity (Wildman–Crippen MR) is 131 cm³/mol. The molecule has 0 saturated carbocycles. The number of hydrogen-bond acceptors (Lipinski definition) is 5. The third-order valence-electron chi connectivity index (χ3n) is 6.43. The fraction of sp³-hybridized carbons (Fsp3) is 0.423. The first-order valence-electron chi connectivity index (χ1n) is 11.6. The number of piperazine rings is 1. The van der Waals surface area contributed by atoms with Gasteiger partial charge in [0.1, 0.15) is 5.71 Å². The first-order valence-corrected chi connectivity index (χ1v) is 11.6. The zero-order chi connectivity index (χ0) is 23.4. The largest absolute Gasteiger partial charge is 0.343 e. The third kappa shape index (κ3) is 5.67. The van der Waals surface area contributed by atoms with E-state index >= 15 is 0 Å². The van der Waals surface area contributed by atoms with Gasteiger partial charge in [-0.25, -0.2) is 5.01 Å². The molecule has 0 aromatic heterocycles. The predicted octanol–water partition coefficient (Wildman–Crippen LogP) is 2.89. The van der Waals surface area contributed by atoms with Crippen LogP contribution in [0.1, 0.15) is 35.6 Å². The first-order chi connectivity index (χ1) is 15.9. The Hall–Kier alpha value is -3.03. The second-order valence-electron chi connectivity index (χ2n) is 9.08. The van der Waals surface area contributed by atoms with Crippen molar-refractivity contribution in [2.45, 2.75) is 32.7 Å². The van der Waals surface area contributed by atoms with E-state index < -0.39 is 0 Å². The fourth-order valence-electron chi connectivity index (χ4n) is 4.30. The molecule has 2 aliphatic rings. The molecule has 2 aromatic rings. The number of carbonyl (C=O) groups excluding carboxylic acids is 2. The maximum atomic E-state index is 13.3. The van der Waals surface area contributed by atoms with Crippen LogP contribution in [0.15, 0.2) is 53.6 Å². The summed E-state index contributed by atoms with van der Waals surface area (Å²) in [5.74, 6) is -0.293. The number of carbonyl (C=O) groups is 2. The fourth-order valence-corrected chi connectivity index (χ4v) is 4.30. The number of rotatable bonds is 6. The molecule has 2 aromatic carbocycles. The van der Waals surface area contributed by atoms with Crippen LogP contribution in [0, 0.1) is 13.8 Å². The van der Waals surface area contributed by atoms with Crippen molar-refractivity contribution in [3.8, 4) is 0 Å². The quantitative estimate of drug-likeness (QED) is 0.739. The summed E-state index contributed by atoms with van der Waals surface area (Å²) in [5, 5.41) is 9.12. The summed E-state index contributed by atoms with van der Waals surface area (Å²) in [6.07, 6.45) is 0.621. The first kappa shape index (κ1) is 23.1. The minimum absolute atomic E-state index is 0.0858. The monoisotopic (exact) mass is 447 g/mol. The number of hydrogen-bond donors (Lipinski definition) is 1. The molecule has 174 valence electrons. The molecular weight excluding hydrogens is 414 g/mol. The Bertz CT molecular complexity index is 1030. The summed E-state index contributed by atoms with van der Waals surface area (Å²) in [6.45, 7) is 8.68. The standard InChI is InChI=1S/C26H33N5O2/c1-19-9-10-20(2)24(17-19)31-25(32)12-11-22(28-31)26(33)27-23(21-7-5-4-6-8-21)18-30-15-13-29(3)14-16-30/h4-10,17,23H,11-16,18H2,1-3H3,(H,27,33). The molecule has 0 aliphatic carbocycles. The summed E-state index contributed by atoms with van der Waals surface area (Å²) < 4.78 is 0. The van der Waals surface area contributed by atoms with Gasteiger partial charge in [-0.05, 0) is 43.7 Å². The normalized spacial score (nSPS) is 18.7. The average Bonchev–Trinajstić information content (AvgIpc) is 2.82. The molecule has 4 rings (SSSR count). The molecular formula is C26H33N5O2. The van der Waals surface area contributed by atoms with E-state index in [1.54, 1.807) is 0 Å². The van der Waals surface area contributed by atoms with Crippen LogP contribution < -0.4 is 10.3 Å². The Labute approximate surface area is 196 Å². The van der Waals surface area contributed by atoms with Crippen molar-refractivity contribution in [2.75, 3.05) is 44.8 Å². The Morgan fingerprint density at radius 2 is 1.76 bits per heavy atom. The number of nitrogens with zero attached hydrogens (tertiary/aromatic N) is 4. The van der Waals surface area contributed by atoms with Crippen molar-refractivity contribution in [1.82, 2.24) is 15.1 Å². The summed E-state index contributed by atoms with van der Waals surface area (Å²) in [7, 11) is 2.14.